The van der Waals surface area contributed by atoms with Crippen LogP contribution in [0.2, 0.25) is 0 Å². The number of thiazole rings is 1. The van der Waals surface area contributed by atoms with Crippen molar-refractivity contribution < 1.29 is 14.2 Å². The molecule has 0 bridgehead atoms. The zero-order valence-corrected chi connectivity index (χ0v) is 13.5. The number of ether oxygens (including phenoxy) is 3. The van der Waals surface area contributed by atoms with Gasteiger partial charge in [-0.25, -0.2) is 4.98 Å². The van der Waals surface area contributed by atoms with Gasteiger partial charge in [0.25, 0.3) is 0 Å². The Morgan fingerprint density at radius 2 is 2.00 bits per heavy atom. The van der Waals surface area contributed by atoms with Crippen LogP contribution in [0.4, 0.5) is 0 Å². The molecule has 1 N–H and O–H groups in total. The van der Waals surface area contributed by atoms with Gasteiger partial charge in [-0.15, -0.1) is 11.3 Å². The van der Waals surface area contributed by atoms with E-state index in [1.165, 1.54) is 4.88 Å². The second kappa shape index (κ2) is 7.40. The van der Waals surface area contributed by atoms with Crippen molar-refractivity contribution in [2.45, 2.75) is 13.2 Å². The van der Waals surface area contributed by atoms with Crippen molar-refractivity contribution in [2.24, 2.45) is 0 Å². The molecule has 0 atom stereocenters. The maximum atomic E-state index is 5.43. The molecule has 114 valence electrons. The third kappa shape index (κ3) is 3.53. The molecule has 0 aliphatic carbocycles. The summed E-state index contributed by atoms with van der Waals surface area (Å²) in [6.45, 7) is 1.27. The lowest BCUT2D eigenvalue weighted by atomic mass is 10.2. The molecule has 0 fully saturated rings. The summed E-state index contributed by atoms with van der Waals surface area (Å²) in [6.07, 6.45) is 0. The monoisotopic (exact) mass is 308 g/mol. The Labute approximate surface area is 128 Å². The molecule has 0 aliphatic heterocycles. The highest BCUT2D eigenvalue weighted by atomic mass is 32.1. The van der Waals surface area contributed by atoms with Crippen molar-refractivity contribution in [3.63, 3.8) is 0 Å². The third-order valence-electron chi connectivity index (χ3n) is 3.03. The molecule has 0 saturated heterocycles. The molecular formula is C15H20N2O3S. The van der Waals surface area contributed by atoms with Crippen LogP contribution in [0.25, 0.3) is 10.6 Å². The standard InChI is InChI=1S/C15H20N2O3S/c1-16-8-14-12(9-18-2)17-15(21-14)11-7-10(19-3)5-6-13(11)20-4/h5-7,16H,8-9H2,1-4H3. The number of nitrogens with zero attached hydrogens (tertiary/aromatic N) is 1. The van der Waals surface area contributed by atoms with Gasteiger partial charge in [0.05, 0.1) is 32.1 Å². The quantitative estimate of drug-likeness (QED) is 0.852. The van der Waals surface area contributed by atoms with Gasteiger partial charge in [0, 0.05) is 18.5 Å². The van der Waals surface area contributed by atoms with E-state index in [4.69, 9.17) is 19.2 Å². The minimum atomic E-state index is 0.500. The molecule has 0 radical (unpaired) electrons. The molecule has 1 aromatic carbocycles. The van der Waals surface area contributed by atoms with Crippen molar-refractivity contribution >= 4 is 11.3 Å². The van der Waals surface area contributed by atoms with Gasteiger partial charge in [-0.2, -0.15) is 0 Å². The molecule has 1 heterocycles. The summed E-state index contributed by atoms with van der Waals surface area (Å²) in [5, 5.41) is 4.06. The lowest BCUT2D eigenvalue weighted by Gasteiger charge is -2.08. The molecule has 0 spiro atoms. The Morgan fingerprint density at radius 1 is 1.19 bits per heavy atom. The normalized spacial score (nSPS) is 10.7. The van der Waals surface area contributed by atoms with Gasteiger partial charge < -0.3 is 19.5 Å². The van der Waals surface area contributed by atoms with Gasteiger partial charge in [0.15, 0.2) is 0 Å². The molecule has 0 aliphatic rings. The predicted molar refractivity (Wildman–Crippen MR) is 84.1 cm³/mol. The first-order chi connectivity index (χ1) is 10.2. The van der Waals surface area contributed by atoms with E-state index in [9.17, 15) is 0 Å². The molecule has 21 heavy (non-hydrogen) atoms. The number of hydrogen-bond acceptors (Lipinski definition) is 6. The van der Waals surface area contributed by atoms with Crippen LogP contribution < -0.4 is 14.8 Å². The first kappa shape index (κ1) is 15.8. The maximum Gasteiger partial charge on any atom is 0.129 e. The Kier molecular flexibility index (Phi) is 5.55. The van der Waals surface area contributed by atoms with Crippen LogP contribution in [0.3, 0.4) is 0 Å². The molecule has 2 aromatic rings. The molecular weight excluding hydrogens is 288 g/mol. The van der Waals surface area contributed by atoms with Crippen molar-refractivity contribution in [1.29, 1.82) is 0 Å². The van der Waals surface area contributed by atoms with Crippen LogP contribution in [0.5, 0.6) is 11.5 Å². The second-order valence-electron chi connectivity index (χ2n) is 4.42. The van der Waals surface area contributed by atoms with E-state index in [1.807, 2.05) is 25.2 Å². The van der Waals surface area contributed by atoms with Crippen molar-refractivity contribution in [1.82, 2.24) is 10.3 Å². The van der Waals surface area contributed by atoms with Crippen LogP contribution in [0.15, 0.2) is 18.2 Å². The number of nitrogens with one attached hydrogen (secondary N) is 1. The number of methoxy groups -OCH3 is 3. The maximum absolute atomic E-state index is 5.43. The predicted octanol–water partition coefficient (Wildman–Crippen LogP) is 2.69. The molecule has 2 rings (SSSR count). The number of aromatic nitrogens is 1. The van der Waals surface area contributed by atoms with E-state index in [-0.39, 0.29) is 0 Å². The first-order valence-electron chi connectivity index (χ1n) is 6.58. The lowest BCUT2D eigenvalue weighted by Crippen LogP contribution is -2.06. The fraction of sp³-hybridized carbons (Fsp3) is 0.400. The topological polar surface area (TPSA) is 52.6 Å². The summed E-state index contributed by atoms with van der Waals surface area (Å²) in [4.78, 5) is 5.86. The van der Waals surface area contributed by atoms with E-state index < -0.39 is 0 Å². The minimum absolute atomic E-state index is 0.500. The van der Waals surface area contributed by atoms with Crippen molar-refractivity contribution in [3.05, 3.63) is 28.8 Å². The van der Waals surface area contributed by atoms with E-state index in [0.717, 1.165) is 34.3 Å². The largest absolute Gasteiger partial charge is 0.497 e. The fourth-order valence-electron chi connectivity index (χ4n) is 2.03. The average Bonchev–Trinajstić information content (AvgIpc) is 2.90. The molecule has 0 unspecified atom stereocenters. The Balaban J connectivity index is 2.47. The molecule has 6 heteroatoms. The first-order valence-corrected chi connectivity index (χ1v) is 7.39. The van der Waals surface area contributed by atoms with Crippen LogP contribution in [-0.2, 0) is 17.9 Å². The van der Waals surface area contributed by atoms with Crippen LogP contribution in [0, 0.1) is 0 Å². The zero-order chi connectivity index (χ0) is 15.2. The van der Waals surface area contributed by atoms with E-state index in [1.54, 1.807) is 32.7 Å². The lowest BCUT2D eigenvalue weighted by molar-refractivity contribution is 0.181. The zero-order valence-electron chi connectivity index (χ0n) is 12.7. The van der Waals surface area contributed by atoms with Gasteiger partial charge >= 0.3 is 0 Å². The van der Waals surface area contributed by atoms with Crippen molar-refractivity contribution in [2.75, 3.05) is 28.4 Å². The summed E-state index contributed by atoms with van der Waals surface area (Å²) in [5.74, 6) is 1.56. The summed E-state index contributed by atoms with van der Waals surface area (Å²) in [5.41, 5.74) is 1.89. The van der Waals surface area contributed by atoms with E-state index >= 15 is 0 Å². The van der Waals surface area contributed by atoms with Gasteiger partial charge in [-0.1, -0.05) is 0 Å². The number of benzene rings is 1. The summed E-state index contributed by atoms with van der Waals surface area (Å²) >= 11 is 1.64. The number of rotatable bonds is 7. The fourth-order valence-corrected chi connectivity index (χ4v) is 3.13. The Morgan fingerprint density at radius 3 is 2.62 bits per heavy atom. The van der Waals surface area contributed by atoms with E-state index in [0.29, 0.717) is 6.61 Å². The highest BCUT2D eigenvalue weighted by molar-refractivity contribution is 7.15. The minimum Gasteiger partial charge on any atom is -0.497 e. The molecule has 0 saturated carbocycles. The Bertz CT molecular complexity index is 575. The van der Waals surface area contributed by atoms with Crippen molar-refractivity contribution in [3.8, 4) is 22.1 Å². The molecule has 5 nitrogen and oxygen atoms in total. The van der Waals surface area contributed by atoms with E-state index in [2.05, 4.69) is 5.32 Å². The summed E-state index contributed by atoms with van der Waals surface area (Å²) in [7, 11) is 6.90. The van der Waals surface area contributed by atoms with Crippen LogP contribution in [-0.4, -0.2) is 33.4 Å². The second-order valence-corrected chi connectivity index (χ2v) is 5.50. The van der Waals surface area contributed by atoms with Gasteiger partial charge in [0.2, 0.25) is 0 Å². The number of hydrogen-bond donors (Lipinski definition) is 1. The Hall–Kier alpha value is -1.63. The van der Waals surface area contributed by atoms with Crippen LogP contribution >= 0.6 is 11.3 Å². The van der Waals surface area contributed by atoms with Crippen LogP contribution in [0.1, 0.15) is 10.6 Å². The van der Waals surface area contributed by atoms with Gasteiger partial charge in [0.1, 0.15) is 16.5 Å². The third-order valence-corrected chi connectivity index (χ3v) is 4.16. The highest BCUT2D eigenvalue weighted by Crippen LogP contribution is 2.37. The SMILES string of the molecule is CNCc1sc(-c2cc(OC)ccc2OC)nc1COC. The smallest absolute Gasteiger partial charge is 0.129 e. The van der Waals surface area contributed by atoms with Gasteiger partial charge in [-0.3, -0.25) is 0 Å². The summed E-state index contributed by atoms with van der Waals surface area (Å²) in [6, 6.07) is 5.71. The molecule has 1 aromatic heterocycles. The average molecular weight is 308 g/mol. The summed E-state index contributed by atoms with van der Waals surface area (Å²) < 4.78 is 16.0. The molecule has 0 amide bonds. The van der Waals surface area contributed by atoms with Gasteiger partial charge in [-0.05, 0) is 25.2 Å². The highest BCUT2D eigenvalue weighted by Gasteiger charge is 2.16.